The van der Waals surface area contributed by atoms with Gasteiger partial charge in [0.25, 0.3) is 0 Å². The first kappa shape index (κ1) is 16.9. The van der Waals surface area contributed by atoms with Crippen molar-refractivity contribution in [3.05, 3.63) is 60.0 Å². The summed E-state index contributed by atoms with van der Waals surface area (Å²) >= 11 is 0. The van der Waals surface area contributed by atoms with E-state index in [0.29, 0.717) is 19.0 Å². The van der Waals surface area contributed by atoms with E-state index in [4.69, 9.17) is 0 Å². The number of hydrogen-bond acceptors (Lipinski definition) is 4. The first-order chi connectivity index (χ1) is 12.2. The number of hydrogen-bond donors (Lipinski definition) is 3. The smallest absolute Gasteiger partial charge is 0.191 e. The molecule has 1 unspecified atom stereocenters. The summed E-state index contributed by atoms with van der Waals surface area (Å²) in [7, 11) is 3.52. The second-order valence-corrected chi connectivity index (χ2v) is 5.76. The SMILES string of the molecule is CN=C(NCc1cccc2cccnc12)NCC(O)c1cnn(C)c1. The van der Waals surface area contributed by atoms with Crippen molar-refractivity contribution in [2.75, 3.05) is 13.6 Å². The van der Waals surface area contributed by atoms with Crippen LogP contribution in [0, 0.1) is 0 Å². The molecule has 3 aromatic rings. The Labute approximate surface area is 146 Å². The molecule has 0 aliphatic rings. The van der Waals surface area contributed by atoms with Crippen molar-refractivity contribution in [2.24, 2.45) is 12.0 Å². The maximum Gasteiger partial charge on any atom is 0.191 e. The number of nitrogens with zero attached hydrogens (tertiary/aromatic N) is 4. The lowest BCUT2D eigenvalue weighted by atomic mass is 10.1. The van der Waals surface area contributed by atoms with Gasteiger partial charge in [0.1, 0.15) is 0 Å². The first-order valence-corrected chi connectivity index (χ1v) is 8.11. The van der Waals surface area contributed by atoms with Crippen LogP contribution in [-0.2, 0) is 13.6 Å². The predicted molar refractivity (Wildman–Crippen MR) is 98.1 cm³/mol. The molecule has 0 aliphatic heterocycles. The maximum absolute atomic E-state index is 10.2. The molecule has 0 aliphatic carbocycles. The minimum absolute atomic E-state index is 0.346. The summed E-state index contributed by atoms with van der Waals surface area (Å²) in [5.74, 6) is 0.621. The molecule has 0 spiro atoms. The minimum Gasteiger partial charge on any atom is -0.386 e. The van der Waals surface area contributed by atoms with Crippen molar-refractivity contribution in [2.45, 2.75) is 12.6 Å². The number of guanidine groups is 1. The molecular weight excluding hydrogens is 316 g/mol. The summed E-state index contributed by atoms with van der Waals surface area (Å²) in [4.78, 5) is 8.65. The van der Waals surface area contributed by atoms with E-state index in [9.17, 15) is 5.11 Å². The van der Waals surface area contributed by atoms with E-state index in [1.165, 1.54) is 0 Å². The van der Waals surface area contributed by atoms with Gasteiger partial charge in [-0.2, -0.15) is 5.10 Å². The largest absolute Gasteiger partial charge is 0.386 e. The highest BCUT2D eigenvalue weighted by Crippen LogP contribution is 2.15. The molecule has 3 rings (SSSR count). The summed E-state index contributed by atoms with van der Waals surface area (Å²) in [6.45, 7) is 0.941. The molecule has 25 heavy (non-hydrogen) atoms. The van der Waals surface area contributed by atoms with Crippen LogP contribution in [0.4, 0.5) is 0 Å². The van der Waals surface area contributed by atoms with Gasteiger partial charge in [-0.05, 0) is 11.6 Å². The van der Waals surface area contributed by atoms with Gasteiger partial charge in [0.15, 0.2) is 5.96 Å². The third kappa shape index (κ3) is 4.13. The highest BCUT2D eigenvalue weighted by Gasteiger charge is 2.10. The average Bonchev–Trinajstić information content (AvgIpc) is 3.08. The van der Waals surface area contributed by atoms with Crippen LogP contribution in [0.15, 0.2) is 53.9 Å². The van der Waals surface area contributed by atoms with Crippen LogP contribution in [0.3, 0.4) is 0 Å². The monoisotopic (exact) mass is 338 g/mol. The molecule has 2 aromatic heterocycles. The van der Waals surface area contributed by atoms with E-state index < -0.39 is 6.10 Å². The highest BCUT2D eigenvalue weighted by atomic mass is 16.3. The number of aryl methyl sites for hydroxylation is 1. The third-order valence-corrected chi connectivity index (χ3v) is 3.96. The number of para-hydroxylation sites is 1. The van der Waals surface area contributed by atoms with Gasteiger partial charge in [-0.3, -0.25) is 14.7 Å². The van der Waals surface area contributed by atoms with Gasteiger partial charge in [-0.25, -0.2) is 0 Å². The lowest BCUT2D eigenvalue weighted by Crippen LogP contribution is -2.39. The topological polar surface area (TPSA) is 87.4 Å². The Kier molecular flexibility index (Phi) is 5.25. The fourth-order valence-corrected chi connectivity index (χ4v) is 2.63. The van der Waals surface area contributed by atoms with Gasteiger partial charge >= 0.3 is 0 Å². The molecule has 1 atom stereocenters. The lowest BCUT2D eigenvalue weighted by molar-refractivity contribution is 0.180. The van der Waals surface area contributed by atoms with E-state index in [1.807, 2.05) is 37.4 Å². The molecule has 130 valence electrons. The van der Waals surface area contributed by atoms with E-state index in [0.717, 1.165) is 22.0 Å². The second kappa shape index (κ2) is 7.76. The number of aliphatic hydroxyl groups is 1. The molecule has 0 fully saturated rings. The molecule has 3 N–H and O–H groups in total. The van der Waals surface area contributed by atoms with E-state index in [2.05, 4.69) is 25.7 Å². The molecule has 0 saturated carbocycles. The summed E-state index contributed by atoms with van der Waals surface area (Å²) in [5, 5.41) is 21.8. The number of nitrogens with one attached hydrogen (secondary N) is 2. The Bertz CT molecular complexity index is 867. The van der Waals surface area contributed by atoms with Crippen LogP contribution in [0.25, 0.3) is 10.9 Å². The average molecular weight is 338 g/mol. The van der Waals surface area contributed by atoms with Crippen molar-refractivity contribution in [1.82, 2.24) is 25.4 Å². The summed E-state index contributed by atoms with van der Waals surface area (Å²) < 4.78 is 1.67. The second-order valence-electron chi connectivity index (χ2n) is 5.76. The number of benzene rings is 1. The Morgan fingerprint density at radius 2 is 2.12 bits per heavy atom. The van der Waals surface area contributed by atoms with Crippen LogP contribution >= 0.6 is 0 Å². The van der Waals surface area contributed by atoms with Gasteiger partial charge in [-0.15, -0.1) is 0 Å². The van der Waals surface area contributed by atoms with Gasteiger partial charge < -0.3 is 15.7 Å². The number of pyridine rings is 1. The van der Waals surface area contributed by atoms with Crippen LogP contribution in [0.2, 0.25) is 0 Å². The Morgan fingerprint density at radius 1 is 1.28 bits per heavy atom. The number of rotatable bonds is 5. The minimum atomic E-state index is -0.647. The number of aromatic nitrogens is 3. The zero-order chi connectivity index (χ0) is 17.6. The Hall–Kier alpha value is -2.93. The van der Waals surface area contributed by atoms with Crippen molar-refractivity contribution >= 4 is 16.9 Å². The predicted octanol–water partition coefficient (Wildman–Crippen LogP) is 1.37. The number of fused-ring (bicyclic) bond motifs is 1. The Morgan fingerprint density at radius 3 is 2.88 bits per heavy atom. The van der Waals surface area contributed by atoms with Crippen LogP contribution in [-0.4, -0.2) is 39.4 Å². The quantitative estimate of drug-likeness (QED) is 0.483. The normalized spacial score (nSPS) is 13.0. The van der Waals surface area contributed by atoms with Crippen molar-refractivity contribution in [3.63, 3.8) is 0 Å². The highest BCUT2D eigenvalue weighted by molar-refractivity contribution is 5.83. The molecular formula is C18H22N6O. The van der Waals surface area contributed by atoms with Crippen molar-refractivity contribution < 1.29 is 5.11 Å². The summed E-state index contributed by atoms with van der Waals surface area (Å²) in [5.41, 5.74) is 2.83. The number of aliphatic hydroxyl groups excluding tert-OH is 1. The van der Waals surface area contributed by atoms with E-state index >= 15 is 0 Å². The lowest BCUT2D eigenvalue weighted by Gasteiger charge is -2.15. The maximum atomic E-state index is 10.2. The molecule has 0 amide bonds. The van der Waals surface area contributed by atoms with E-state index in [1.54, 1.807) is 30.3 Å². The summed E-state index contributed by atoms with van der Waals surface area (Å²) in [6, 6.07) is 10.1. The summed E-state index contributed by atoms with van der Waals surface area (Å²) in [6.07, 6.45) is 4.60. The van der Waals surface area contributed by atoms with Crippen molar-refractivity contribution in [1.29, 1.82) is 0 Å². The van der Waals surface area contributed by atoms with Crippen LogP contribution in [0.5, 0.6) is 0 Å². The molecule has 7 heteroatoms. The molecule has 2 heterocycles. The van der Waals surface area contributed by atoms with E-state index in [-0.39, 0.29) is 0 Å². The van der Waals surface area contributed by atoms with Gasteiger partial charge in [-0.1, -0.05) is 24.3 Å². The van der Waals surface area contributed by atoms with Crippen LogP contribution in [0.1, 0.15) is 17.2 Å². The molecule has 7 nitrogen and oxygen atoms in total. The number of aliphatic imine (C=N–C) groups is 1. The van der Waals surface area contributed by atoms with Gasteiger partial charge in [0, 0.05) is 50.5 Å². The fraction of sp³-hybridized carbons (Fsp3) is 0.278. The standard InChI is InChI=1S/C18H22N6O/c1-19-18(22-11-16(25)15-10-23-24(2)12-15)21-9-14-6-3-5-13-7-4-8-20-17(13)14/h3-8,10,12,16,25H,9,11H2,1-2H3,(H2,19,21,22). The van der Waals surface area contributed by atoms with Crippen LogP contribution < -0.4 is 10.6 Å². The third-order valence-electron chi connectivity index (χ3n) is 3.96. The van der Waals surface area contributed by atoms with Gasteiger partial charge in [0.05, 0.1) is 17.8 Å². The molecule has 0 saturated heterocycles. The molecule has 0 bridgehead atoms. The van der Waals surface area contributed by atoms with Crippen molar-refractivity contribution in [3.8, 4) is 0 Å². The first-order valence-electron chi connectivity index (χ1n) is 8.11. The molecule has 0 radical (unpaired) electrons. The molecule has 1 aromatic carbocycles. The Balaban J connectivity index is 1.59. The zero-order valence-corrected chi connectivity index (χ0v) is 14.3. The van der Waals surface area contributed by atoms with Gasteiger partial charge in [0.2, 0.25) is 0 Å². The fourth-order valence-electron chi connectivity index (χ4n) is 2.63. The zero-order valence-electron chi connectivity index (χ0n) is 14.3.